The van der Waals surface area contributed by atoms with Crippen LogP contribution in [0.2, 0.25) is 0 Å². The Bertz CT molecular complexity index is 793. The highest BCUT2D eigenvalue weighted by Crippen LogP contribution is 2.25. The molecule has 1 aromatic carbocycles. The average Bonchev–Trinajstić information content (AvgIpc) is 2.96. The number of benzene rings is 1. The molecule has 0 bridgehead atoms. The van der Waals surface area contributed by atoms with E-state index in [9.17, 15) is 22.0 Å². The van der Waals surface area contributed by atoms with Gasteiger partial charge < -0.3 is 14.4 Å². The van der Waals surface area contributed by atoms with Crippen LogP contribution >= 0.6 is 0 Å². The Morgan fingerprint density at radius 1 is 1.36 bits per heavy atom. The monoisotopic (exact) mass is 420 g/mol. The predicted molar refractivity (Wildman–Crippen MR) is 99.6 cm³/mol. The second-order valence-corrected chi connectivity index (χ2v) is 9.31. The Kier molecular flexibility index (Phi) is 7.35. The van der Waals surface area contributed by atoms with Crippen molar-refractivity contribution in [2.45, 2.75) is 44.5 Å². The van der Waals surface area contributed by atoms with E-state index >= 15 is 0 Å². The summed E-state index contributed by atoms with van der Waals surface area (Å²) in [5.41, 5.74) is 0.239. The quantitative estimate of drug-likeness (QED) is 0.691. The normalized spacial score (nSPS) is 20.0. The zero-order chi connectivity index (χ0) is 21.1. The van der Waals surface area contributed by atoms with Gasteiger partial charge >= 0.3 is 0 Å². The number of carbonyl (C=O) groups is 1. The number of halogens is 2. The number of rotatable bonds is 8. The molecule has 1 N–H and O–H groups in total. The summed E-state index contributed by atoms with van der Waals surface area (Å²) in [6.45, 7) is 4.62. The van der Waals surface area contributed by atoms with Crippen LogP contribution in [-0.4, -0.2) is 63.4 Å². The van der Waals surface area contributed by atoms with Gasteiger partial charge in [-0.2, -0.15) is 0 Å². The summed E-state index contributed by atoms with van der Waals surface area (Å²) in [6.07, 6.45) is 0.426. The summed E-state index contributed by atoms with van der Waals surface area (Å²) in [7, 11) is -2.05. The van der Waals surface area contributed by atoms with E-state index in [4.69, 9.17) is 9.47 Å². The number of aryl methyl sites for hydroxylation is 1. The number of methoxy groups -OCH3 is 1. The number of nitrogens with zero attached hydrogens (tertiary/aromatic N) is 1. The Balaban J connectivity index is 2.08. The summed E-state index contributed by atoms with van der Waals surface area (Å²) in [4.78, 5) is 14.1. The first-order valence-corrected chi connectivity index (χ1v) is 10.5. The molecule has 158 valence electrons. The van der Waals surface area contributed by atoms with Gasteiger partial charge in [-0.15, -0.1) is 0 Å². The largest absolute Gasteiger partial charge is 0.480 e. The van der Waals surface area contributed by atoms with Gasteiger partial charge in [-0.3, -0.25) is 4.79 Å². The molecule has 2 atom stereocenters. The summed E-state index contributed by atoms with van der Waals surface area (Å²) < 4.78 is 64.5. The van der Waals surface area contributed by atoms with Gasteiger partial charge in [0.15, 0.2) is 18.2 Å². The molecule has 1 heterocycles. The van der Waals surface area contributed by atoms with Crippen molar-refractivity contribution in [2.24, 2.45) is 0 Å². The van der Waals surface area contributed by atoms with Crippen molar-refractivity contribution in [3.8, 4) is 5.75 Å². The Hall–Kier alpha value is -1.78. The van der Waals surface area contributed by atoms with Crippen molar-refractivity contribution in [1.82, 2.24) is 9.62 Å². The first-order valence-electron chi connectivity index (χ1n) is 8.94. The van der Waals surface area contributed by atoms with Crippen molar-refractivity contribution in [1.29, 1.82) is 0 Å². The fraction of sp³-hybridized carbons (Fsp3) is 0.611. The van der Waals surface area contributed by atoms with Crippen molar-refractivity contribution >= 4 is 15.9 Å². The number of hydrogen-bond donors (Lipinski definition) is 1. The molecule has 0 aromatic heterocycles. The molecule has 1 amide bonds. The molecule has 28 heavy (non-hydrogen) atoms. The molecule has 7 nitrogen and oxygen atoms in total. The molecular formula is C18H26F2N2O5S. The summed E-state index contributed by atoms with van der Waals surface area (Å²) in [5.74, 6) is -2.23. The molecule has 10 heteroatoms. The Morgan fingerprint density at radius 2 is 2.04 bits per heavy atom. The molecule has 1 fully saturated rings. The minimum absolute atomic E-state index is 0.140. The molecule has 1 saturated heterocycles. The van der Waals surface area contributed by atoms with Crippen LogP contribution in [0.3, 0.4) is 0 Å². The van der Waals surface area contributed by atoms with E-state index in [-0.39, 0.29) is 17.9 Å². The molecule has 0 radical (unpaired) electrons. The summed E-state index contributed by atoms with van der Waals surface area (Å²) >= 11 is 0. The van der Waals surface area contributed by atoms with Crippen LogP contribution in [0.1, 0.15) is 25.8 Å². The number of hydrogen-bond acceptors (Lipinski definition) is 5. The molecular weight excluding hydrogens is 394 g/mol. The van der Waals surface area contributed by atoms with Crippen LogP contribution in [0.15, 0.2) is 12.1 Å². The van der Waals surface area contributed by atoms with Crippen molar-refractivity contribution in [3.63, 3.8) is 0 Å². The van der Waals surface area contributed by atoms with Gasteiger partial charge in [0.05, 0.1) is 17.9 Å². The van der Waals surface area contributed by atoms with Crippen LogP contribution in [0.5, 0.6) is 5.75 Å². The summed E-state index contributed by atoms with van der Waals surface area (Å²) in [6, 6.07) is 0.811. The first-order chi connectivity index (χ1) is 13.1. The van der Waals surface area contributed by atoms with Crippen molar-refractivity contribution in [2.75, 3.05) is 26.9 Å². The molecule has 1 aromatic rings. The van der Waals surface area contributed by atoms with Gasteiger partial charge in [-0.25, -0.2) is 21.9 Å². The zero-order valence-corrected chi connectivity index (χ0v) is 17.2. The van der Waals surface area contributed by atoms with E-state index < -0.39 is 51.5 Å². The molecule has 0 spiro atoms. The van der Waals surface area contributed by atoms with Gasteiger partial charge in [0.2, 0.25) is 10.0 Å². The molecule has 0 unspecified atom stereocenters. The van der Waals surface area contributed by atoms with E-state index in [1.165, 1.54) is 18.9 Å². The first kappa shape index (κ1) is 22.5. The lowest BCUT2D eigenvalue weighted by molar-refractivity contribution is -0.135. The number of sulfonamides is 1. The van der Waals surface area contributed by atoms with Gasteiger partial charge in [0.25, 0.3) is 5.91 Å². The van der Waals surface area contributed by atoms with Crippen molar-refractivity contribution < 1.29 is 31.5 Å². The maximum Gasteiger partial charge on any atom is 0.260 e. The van der Waals surface area contributed by atoms with E-state index in [0.717, 1.165) is 6.07 Å². The van der Waals surface area contributed by atoms with Crippen LogP contribution < -0.4 is 9.46 Å². The number of nitrogens with one attached hydrogen (secondary N) is 1. The molecule has 0 saturated carbocycles. The fourth-order valence-corrected chi connectivity index (χ4v) is 4.08. The standard InChI is InChI=1S/C18H26F2N2O5S/c1-11(2)28(24,25)21-15-5-6-22(16(15)9-26-4)17(23)10-27-18-12(3)7-13(19)8-14(18)20/h7-8,11,15-16,21H,5-6,9-10H2,1-4H3/t15-,16-/m0/s1. The van der Waals surface area contributed by atoms with Crippen LogP contribution in [0.25, 0.3) is 0 Å². The number of amides is 1. The lowest BCUT2D eigenvalue weighted by Gasteiger charge is -2.28. The Morgan fingerprint density at radius 3 is 2.61 bits per heavy atom. The lowest BCUT2D eigenvalue weighted by Crippen LogP contribution is -2.51. The predicted octanol–water partition coefficient (Wildman–Crippen LogP) is 1.60. The summed E-state index contributed by atoms with van der Waals surface area (Å²) in [5, 5.41) is -0.604. The molecule has 2 rings (SSSR count). The van der Waals surface area contributed by atoms with Crippen molar-refractivity contribution in [3.05, 3.63) is 29.3 Å². The van der Waals surface area contributed by atoms with E-state index in [2.05, 4.69) is 4.72 Å². The van der Waals surface area contributed by atoms with Crippen LogP contribution in [0, 0.1) is 18.6 Å². The molecule has 1 aliphatic heterocycles. The maximum atomic E-state index is 13.9. The van der Waals surface area contributed by atoms with Crippen LogP contribution in [-0.2, 0) is 19.6 Å². The highest BCUT2D eigenvalue weighted by Gasteiger charge is 2.39. The third kappa shape index (κ3) is 5.18. The Labute approximate surface area is 164 Å². The minimum Gasteiger partial charge on any atom is -0.480 e. The number of ether oxygens (including phenoxy) is 2. The van der Waals surface area contributed by atoms with E-state index in [0.29, 0.717) is 19.0 Å². The van der Waals surface area contributed by atoms with Crippen LogP contribution in [0.4, 0.5) is 8.78 Å². The highest BCUT2D eigenvalue weighted by atomic mass is 32.2. The fourth-order valence-electron chi connectivity index (χ4n) is 3.11. The number of likely N-dealkylation sites (tertiary alicyclic amines) is 1. The minimum atomic E-state index is -3.51. The average molecular weight is 420 g/mol. The van der Waals surface area contributed by atoms with Gasteiger partial charge in [0, 0.05) is 25.8 Å². The number of carbonyl (C=O) groups excluding carboxylic acids is 1. The smallest absolute Gasteiger partial charge is 0.260 e. The second kappa shape index (κ2) is 9.15. The van der Waals surface area contributed by atoms with Gasteiger partial charge in [-0.1, -0.05) is 0 Å². The third-order valence-electron chi connectivity index (χ3n) is 4.67. The third-order valence-corrected chi connectivity index (χ3v) is 6.55. The van der Waals surface area contributed by atoms with E-state index in [1.807, 2.05) is 0 Å². The van der Waals surface area contributed by atoms with Gasteiger partial charge in [-0.05, 0) is 38.8 Å². The molecule has 0 aliphatic carbocycles. The van der Waals surface area contributed by atoms with Gasteiger partial charge in [0.1, 0.15) is 5.82 Å². The molecule has 1 aliphatic rings. The lowest BCUT2D eigenvalue weighted by atomic mass is 10.1. The maximum absolute atomic E-state index is 13.9. The zero-order valence-electron chi connectivity index (χ0n) is 16.4. The highest BCUT2D eigenvalue weighted by molar-refractivity contribution is 7.90. The SMILES string of the molecule is COC[C@H]1[C@@H](NS(=O)(=O)C(C)C)CCN1C(=O)COc1c(C)cc(F)cc1F. The topological polar surface area (TPSA) is 84.9 Å². The second-order valence-electron chi connectivity index (χ2n) is 7.04. The van der Waals surface area contributed by atoms with E-state index in [1.54, 1.807) is 13.8 Å².